The van der Waals surface area contributed by atoms with Crippen LogP contribution in [0.1, 0.15) is 43.0 Å². The standard InChI is InChI=1S/C15H20N4O2/c1-9-4-2-3-5-11(9)18-14-10(15(16)21)8-17-19-12(14)6-7-13(19)20/h6-9,11,18,20H,2-5H2,1H3,(H2,16,21). The normalized spacial score (nSPS) is 22.3. The van der Waals surface area contributed by atoms with Gasteiger partial charge in [-0.1, -0.05) is 19.8 Å². The summed E-state index contributed by atoms with van der Waals surface area (Å²) in [4.78, 5) is 11.7. The van der Waals surface area contributed by atoms with Crippen LogP contribution in [0.5, 0.6) is 5.88 Å². The fraction of sp³-hybridized carbons (Fsp3) is 0.467. The maximum Gasteiger partial charge on any atom is 0.252 e. The van der Waals surface area contributed by atoms with E-state index in [0.29, 0.717) is 28.7 Å². The van der Waals surface area contributed by atoms with Crippen LogP contribution in [0.4, 0.5) is 5.69 Å². The minimum atomic E-state index is -0.517. The fourth-order valence-corrected chi connectivity index (χ4v) is 3.10. The first-order valence-electron chi connectivity index (χ1n) is 7.34. The predicted octanol–water partition coefficient (Wildman–Crippen LogP) is 2.13. The van der Waals surface area contributed by atoms with Crippen molar-refractivity contribution in [2.75, 3.05) is 5.32 Å². The lowest BCUT2D eigenvalue weighted by atomic mass is 9.85. The molecule has 112 valence electrons. The number of amides is 1. The van der Waals surface area contributed by atoms with Crippen molar-refractivity contribution in [2.24, 2.45) is 11.7 Å². The third-order valence-electron chi connectivity index (χ3n) is 4.37. The smallest absolute Gasteiger partial charge is 0.252 e. The molecule has 6 nitrogen and oxygen atoms in total. The highest BCUT2D eigenvalue weighted by Gasteiger charge is 2.24. The molecule has 2 unspecified atom stereocenters. The van der Waals surface area contributed by atoms with Crippen LogP contribution >= 0.6 is 0 Å². The first kappa shape index (κ1) is 13.7. The zero-order valence-corrected chi connectivity index (χ0v) is 12.0. The van der Waals surface area contributed by atoms with Crippen molar-refractivity contribution < 1.29 is 9.90 Å². The van der Waals surface area contributed by atoms with E-state index in [-0.39, 0.29) is 5.88 Å². The van der Waals surface area contributed by atoms with Gasteiger partial charge in [-0.05, 0) is 24.8 Å². The zero-order chi connectivity index (χ0) is 15.0. The second kappa shape index (κ2) is 5.27. The first-order valence-corrected chi connectivity index (χ1v) is 7.34. The molecule has 6 heteroatoms. The maximum absolute atomic E-state index is 11.7. The Balaban J connectivity index is 2.05. The van der Waals surface area contributed by atoms with Gasteiger partial charge in [0.15, 0.2) is 0 Å². The van der Waals surface area contributed by atoms with Gasteiger partial charge in [0.1, 0.15) is 0 Å². The maximum atomic E-state index is 11.7. The summed E-state index contributed by atoms with van der Waals surface area (Å²) >= 11 is 0. The molecule has 0 bridgehead atoms. The Morgan fingerprint density at radius 1 is 1.43 bits per heavy atom. The summed E-state index contributed by atoms with van der Waals surface area (Å²) in [7, 11) is 0. The first-order chi connectivity index (χ1) is 10.1. The van der Waals surface area contributed by atoms with Gasteiger partial charge in [0.05, 0.1) is 23.0 Å². The van der Waals surface area contributed by atoms with Crippen LogP contribution in [-0.2, 0) is 0 Å². The number of primary amides is 1. The number of carbonyl (C=O) groups excluding carboxylic acids is 1. The topological polar surface area (TPSA) is 92.6 Å². The molecule has 2 aromatic heterocycles. The van der Waals surface area contributed by atoms with Crippen molar-refractivity contribution >= 4 is 17.1 Å². The molecule has 4 N–H and O–H groups in total. The number of nitrogens with one attached hydrogen (secondary N) is 1. The third kappa shape index (κ3) is 2.41. The van der Waals surface area contributed by atoms with E-state index in [1.54, 1.807) is 12.1 Å². The Bertz CT molecular complexity index is 680. The zero-order valence-electron chi connectivity index (χ0n) is 12.0. The number of carbonyl (C=O) groups is 1. The molecule has 0 aliphatic heterocycles. The van der Waals surface area contributed by atoms with Gasteiger partial charge in [0.2, 0.25) is 5.88 Å². The van der Waals surface area contributed by atoms with Crippen molar-refractivity contribution in [3.8, 4) is 5.88 Å². The Kier molecular flexibility index (Phi) is 3.45. The van der Waals surface area contributed by atoms with Gasteiger partial charge < -0.3 is 16.2 Å². The van der Waals surface area contributed by atoms with Crippen LogP contribution < -0.4 is 11.1 Å². The van der Waals surface area contributed by atoms with E-state index >= 15 is 0 Å². The second-order valence-electron chi connectivity index (χ2n) is 5.80. The van der Waals surface area contributed by atoms with Gasteiger partial charge in [-0.15, -0.1) is 0 Å². The molecule has 2 atom stereocenters. The summed E-state index contributed by atoms with van der Waals surface area (Å²) in [6.07, 6.45) is 6.09. The average molecular weight is 288 g/mol. The van der Waals surface area contributed by atoms with Crippen molar-refractivity contribution in [2.45, 2.75) is 38.6 Å². The second-order valence-corrected chi connectivity index (χ2v) is 5.80. The van der Waals surface area contributed by atoms with Gasteiger partial charge in [-0.25, -0.2) is 0 Å². The number of aromatic hydroxyl groups is 1. The monoisotopic (exact) mass is 288 g/mol. The van der Waals surface area contributed by atoms with E-state index in [9.17, 15) is 9.90 Å². The Labute approximate surface area is 122 Å². The highest BCUT2D eigenvalue weighted by Crippen LogP contribution is 2.31. The molecular weight excluding hydrogens is 268 g/mol. The van der Waals surface area contributed by atoms with Gasteiger partial charge in [0, 0.05) is 12.1 Å². The molecule has 2 heterocycles. The van der Waals surface area contributed by atoms with E-state index < -0.39 is 5.91 Å². The molecule has 1 fully saturated rings. The number of hydrogen-bond acceptors (Lipinski definition) is 4. The van der Waals surface area contributed by atoms with Crippen LogP contribution in [0.3, 0.4) is 0 Å². The molecule has 1 aliphatic carbocycles. The summed E-state index contributed by atoms with van der Waals surface area (Å²) < 4.78 is 1.41. The third-order valence-corrected chi connectivity index (χ3v) is 4.37. The SMILES string of the molecule is CC1CCCCC1Nc1c(C(N)=O)cnn2c(O)ccc12. The van der Waals surface area contributed by atoms with Crippen LogP contribution in [-0.4, -0.2) is 26.7 Å². The summed E-state index contributed by atoms with van der Waals surface area (Å²) in [6, 6.07) is 3.60. The highest BCUT2D eigenvalue weighted by molar-refractivity contribution is 6.02. The Morgan fingerprint density at radius 3 is 2.90 bits per heavy atom. The lowest BCUT2D eigenvalue weighted by molar-refractivity contribution is 0.100. The summed E-state index contributed by atoms with van der Waals surface area (Å²) in [5, 5.41) is 17.3. The Hall–Kier alpha value is -2.24. The number of rotatable bonds is 3. The van der Waals surface area contributed by atoms with Gasteiger partial charge >= 0.3 is 0 Å². The predicted molar refractivity (Wildman–Crippen MR) is 80.4 cm³/mol. The quantitative estimate of drug-likeness (QED) is 0.806. The molecule has 0 radical (unpaired) electrons. The molecular formula is C15H20N4O2. The number of aromatic nitrogens is 2. The van der Waals surface area contributed by atoms with Crippen LogP contribution in [0, 0.1) is 5.92 Å². The molecule has 3 rings (SSSR count). The largest absolute Gasteiger partial charge is 0.493 e. The van der Waals surface area contributed by atoms with Crippen LogP contribution in [0.2, 0.25) is 0 Å². The fourth-order valence-electron chi connectivity index (χ4n) is 3.10. The van der Waals surface area contributed by atoms with E-state index in [1.165, 1.54) is 30.0 Å². The van der Waals surface area contributed by atoms with Crippen molar-refractivity contribution in [3.05, 3.63) is 23.9 Å². The molecule has 0 spiro atoms. The van der Waals surface area contributed by atoms with Crippen molar-refractivity contribution in [3.63, 3.8) is 0 Å². The lowest BCUT2D eigenvalue weighted by Crippen LogP contribution is -2.31. The van der Waals surface area contributed by atoms with Gasteiger partial charge in [-0.2, -0.15) is 9.61 Å². The van der Waals surface area contributed by atoms with Gasteiger partial charge in [-0.3, -0.25) is 4.79 Å². The minimum Gasteiger partial charge on any atom is -0.493 e. The van der Waals surface area contributed by atoms with E-state index in [1.807, 2.05) is 0 Å². The number of nitrogens with two attached hydrogens (primary N) is 1. The minimum absolute atomic E-state index is 0.0424. The number of nitrogens with zero attached hydrogens (tertiary/aromatic N) is 2. The molecule has 0 saturated heterocycles. The summed E-state index contributed by atoms with van der Waals surface area (Å²) in [5.74, 6) is 0.0636. The highest BCUT2D eigenvalue weighted by atomic mass is 16.3. The molecule has 21 heavy (non-hydrogen) atoms. The van der Waals surface area contributed by atoms with Crippen molar-refractivity contribution in [1.29, 1.82) is 0 Å². The molecule has 2 aromatic rings. The van der Waals surface area contributed by atoms with E-state index in [0.717, 1.165) is 6.42 Å². The van der Waals surface area contributed by atoms with Gasteiger partial charge in [0.25, 0.3) is 5.91 Å². The molecule has 0 aromatic carbocycles. The lowest BCUT2D eigenvalue weighted by Gasteiger charge is -2.31. The van der Waals surface area contributed by atoms with Crippen LogP contribution in [0.15, 0.2) is 18.3 Å². The number of fused-ring (bicyclic) bond motifs is 1. The van der Waals surface area contributed by atoms with E-state index in [4.69, 9.17) is 5.73 Å². The molecule has 1 saturated carbocycles. The molecule has 1 aliphatic rings. The summed E-state index contributed by atoms with van der Waals surface area (Å²) in [6.45, 7) is 2.22. The Morgan fingerprint density at radius 2 is 2.19 bits per heavy atom. The van der Waals surface area contributed by atoms with Crippen LogP contribution in [0.25, 0.3) is 5.52 Å². The van der Waals surface area contributed by atoms with Crippen molar-refractivity contribution in [1.82, 2.24) is 9.61 Å². The summed E-state index contributed by atoms with van der Waals surface area (Å²) in [5.41, 5.74) is 7.15. The van der Waals surface area contributed by atoms with E-state index in [2.05, 4.69) is 17.3 Å². The number of hydrogen-bond donors (Lipinski definition) is 3. The molecule has 1 amide bonds. The average Bonchev–Trinajstić information content (AvgIpc) is 2.83. The number of anilines is 1.